The van der Waals surface area contributed by atoms with E-state index in [1.165, 1.54) is 11.2 Å². The average Bonchev–Trinajstić information content (AvgIpc) is 2.27. The Bertz CT molecular complexity index is 254. The third-order valence-electron chi connectivity index (χ3n) is 2.04. The van der Waals surface area contributed by atoms with Gasteiger partial charge in [-0.2, -0.15) is 0 Å². The van der Waals surface area contributed by atoms with E-state index in [2.05, 4.69) is 0 Å². The highest BCUT2D eigenvalue weighted by Crippen LogP contribution is 2.00. The van der Waals surface area contributed by atoms with Gasteiger partial charge in [0.05, 0.1) is 24.6 Å². The SMILES string of the molecule is C/C=C(\C)OCC(O)CN(N)/C(=C\N)CO. The summed E-state index contributed by atoms with van der Waals surface area (Å²) < 4.78 is 5.22. The van der Waals surface area contributed by atoms with Gasteiger partial charge in [0.25, 0.3) is 0 Å². The van der Waals surface area contributed by atoms with Crippen LogP contribution in [0.25, 0.3) is 0 Å². The maximum Gasteiger partial charge on any atom is 0.115 e. The number of nitrogens with zero attached hydrogens (tertiary/aromatic N) is 1. The van der Waals surface area contributed by atoms with Crippen LogP contribution in [-0.2, 0) is 4.74 Å². The molecule has 0 aliphatic rings. The summed E-state index contributed by atoms with van der Waals surface area (Å²) in [5.41, 5.74) is 5.59. The molecule has 0 aromatic carbocycles. The molecule has 0 aromatic heterocycles. The van der Waals surface area contributed by atoms with Crippen LogP contribution >= 0.6 is 0 Å². The Hall–Kier alpha value is -1.24. The molecule has 0 aromatic rings. The third-order valence-corrected chi connectivity index (χ3v) is 2.04. The lowest BCUT2D eigenvalue weighted by Gasteiger charge is -2.23. The maximum atomic E-state index is 9.58. The van der Waals surface area contributed by atoms with Crippen LogP contribution in [0.5, 0.6) is 0 Å². The molecule has 6 nitrogen and oxygen atoms in total. The Labute approximate surface area is 95.8 Å². The van der Waals surface area contributed by atoms with Crippen LogP contribution in [0.4, 0.5) is 0 Å². The molecule has 0 saturated carbocycles. The van der Waals surface area contributed by atoms with Crippen molar-refractivity contribution in [1.29, 1.82) is 0 Å². The van der Waals surface area contributed by atoms with Crippen LogP contribution in [0.1, 0.15) is 13.8 Å². The van der Waals surface area contributed by atoms with Crippen molar-refractivity contribution in [1.82, 2.24) is 5.01 Å². The summed E-state index contributed by atoms with van der Waals surface area (Å²) in [7, 11) is 0. The molecule has 1 atom stereocenters. The van der Waals surface area contributed by atoms with Gasteiger partial charge in [-0.25, -0.2) is 5.84 Å². The number of nitrogens with two attached hydrogens (primary N) is 2. The Morgan fingerprint density at radius 3 is 2.62 bits per heavy atom. The zero-order valence-electron chi connectivity index (χ0n) is 9.76. The highest BCUT2D eigenvalue weighted by atomic mass is 16.5. The monoisotopic (exact) mass is 231 g/mol. The molecule has 0 fully saturated rings. The van der Waals surface area contributed by atoms with Gasteiger partial charge in [-0.1, -0.05) is 6.08 Å². The van der Waals surface area contributed by atoms with Gasteiger partial charge in [0, 0.05) is 6.20 Å². The van der Waals surface area contributed by atoms with Crippen molar-refractivity contribution in [2.75, 3.05) is 19.8 Å². The van der Waals surface area contributed by atoms with Gasteiger partial charge in [0.1, 0.15) is 12.7 Å². The fourth-order valence-corrected chi connectivity index (χ4v) is 0.947. The molecule has 0 heterocycles. The lowest BCUT2D eigenvalue weighted by molar-refractivity contribution is 0.0481. The maximum absolute atomic E-state index is 9.58. The third kappa shape index (κ3) is 5.59. The molecule has 0 aliphatic carbocycles. The van der Waals surface area contributed by atoms with E-state index in [0.29, 0.717) is 5.70 Å². The molecule has 1 unspecified atom stereocenters. The van der Waals surface area contributed by atoms with E-state index >= 15 is 0 Å². The van der Waals surface area contributed by atoms with E-state index in [1.807, 2.05) is 6.92 Å². The first-order valence-electron chi connectivity index (χ1n) is 5.02. The summed E-state index contributed by atoms with van der Waals surface area (Å²) in [6.45, 7) is 3.66. The second kappa shape index (κ2) is 7.98. The van der Waals surface area contributed by atoms with Crippen molar-refractivity contribution in [3.05, 3.63) is 23.7 Å². The van der Waals surface area contributed by atoms with Gasteiger partial charge in [0.2, 0.25) is 0 Å². The number of aliphatic hydroxyl groups is 2. The van der Waals surface area contributed by atoms with Crippen molar-refractivity contribution < 1.29 is 14.9 Å². The summed E-state index contributed by atoms with van der Waals surface area (Å²) >= 11 is 0. The van der Waals surface area contributed by atoms with E-state index in [4.69, 9.17) is 21.4 Å². The van der Waals surface area contributed by atoms with Crippen LogP contribution in [0.2, 0.25) is 0 Å². The zero-order chi connectivity index (χ0) is 12.6. The summed E-state index contributed by atoms with van der Waals surface area (Å²) in [5, 5.41) is 19.6. The van der Waals surface area contributed by atoms with Crippen molar-refractivity contribution in [2.24, 2.45) is 11.6 Å². The summed E-state index contributed by atoms with van der Waals surface area (Å²) in [4.78, 5) is 0. The average molecular weight is 231 g/mol. The molecular formula is C10H21N3O3. The van der Waals surface area contributed by atoms with Crippen molar-refractivity contribution in [3.63, 3.8) is 0 Å². The number of hydrogen-bond acceptors (Lipinski definition) is 6. The Morgan fingerprint density at radius 2 is 2.19 bits per heavy atom. The molecule has 94 valence electrons. The van der Waals surface area contributed by atoms with Crippen LogP contribution < -0.4 is 11.6 Å². The number of rotatable bonds is 7. The fraction of sp³-hybridized carbons (Fsp3) is 0.600. The largest absolute Gasteiger partial charge is 0.496 e. The second-order valence-corrected chi connectivity index (χ2v) is 3.33. The predicted molar refractivity (Wildman–Crippen MR) is 61.6 cm³/mol. The topological polar surface area (TPSA) is 105 Å². The zero-order valence-corrected chi connectivity index (χ0v) is 9.76. The second-order valence-electron chi connectivity index (χ2n) is 3.33. The number of hydrazine groups is 1. The minimum Gasteiger partial charge on any atom is -0.496 e. The van der Waals surface area contributed by atoms with E-state index < -0.39 is 6.10 Å². The molecule has 0 saturated heterocycles. The fourth-order valence-electron chi connectivity index (χ4n) is 0.947. The predicted octanol–water partition coefficient (Wildman–Crippen LogP) is -0.744. The molecule has 16 heavy (non-hydrogen) atoms. The number of aliphatic hydroxyl groups excluding tert-OH is 2. The van der Waals surface area contributed by atoms with Crippen LogP contribution in [0, 0.1) is 0 Å². The molecule has 0 bridgehead atoms. The molecular weight excluding hydrogens is 210 g/mol. The van der Waals surface area contributed by atoms with E-state index in [1.54, 1.807) is 13.0 Å². The first-order chi connectivity index (χ1) is 7.54. The Balaban J connectivity index is 4.00. The summed E-state index contributed by atoms with van der Waals surface area (Å²) in [5.74, 6) is 6.31. The Kier molecular flexibility index (Phi) is 7.36. The van der Waals surface area contributed by atoms with Crippen LogP contribution in [0.15, 0.2) is 23.7 Å². The van der Waals surface area contributed by atoms with Gasteiger partial charge < -0.3 is 25.7 Å². The molecule has 6 N–H and O–H groups in total. The number of hydrogen-bond donors (Lipinski definition) is 4. The van der Waals surface area contributed by atoms with Crippen LogP contribution in [0.3, 0.4) is 0 Å². The Morgan fingerprint density at radius 1 is 1.56 bits per heavy atom. The molecule has 0 spiro atoms. The normalized spacial score (nSPS) is 14.8. The van der Waals surface area contributed by atoms with Gasteiger partial charge in [-0.05, 0) is 13.8 Å². The molecule has 6 heteroatoms. The molecule has 0 aliphatic heterocycles. The van der Waals surface area contributed by atoms with Gasteiger partial charge in [-0.15, -0.1) is 0 Å². The van der Waals surface area contributed by atoms with Gasteiger partial charge >= 0.3 is 0 Å². The lowest BCUT2D eigenvalue weighted by atomic mass is 10.3. The molecule has 0 amide bonds. The van der Waals surface area contributed by atoms with Gasteiger partial charge in [-0.3, -0.25) is 0 Å². The van der Waals surface area contributed by atoms with Crippen molar-refractivity contribution in [3.8, 4) is 0 Å². The van der Waals surface area contributed by atoms with E-state index in [-0.39, 0.29) is 19.8 Å². The van der Waals surface area contributed by atoms with Crippen molar-refractivity contribution in [2.45, 2.75) is 20.0 Å². The number of ether oxygens (including phenoxy) is 1. The summed E-state index contributed by atoms with van der Waals surface area (Å²) in [6.07, 6.45) is 2.25. The standard InChI is InChI=1S/C10H21N3O3/c1-3-8(2)16-7-10(15)5-13(12)9(4-11)6-14/h3-4,10,14-15H,5-7,11-12H2,1-2H3/b8-3+,9-4-. The van der Waals surface area contributed by atoms with E-state index in [9.17, 15) is 5.11 Å². The van der Waals surface area contributed by atoms with Crippen molar-refractivity contribution >= 4 is 0 Å². The highest BCUT2D eigenvalue weighted by Gasteiger charge is 2.11. The number of allylic oxidation sites excluding steroid dienone is 2. The summed E-state index contributed by atoms with van der Waals surface area (Å²) in [6, 6.07) is 0. The van der Waals surface area contributed by atoms with Crippen LogP contribution in [-0.4, -0.2) is 41.1 Å². The van der Waals surface area contributed by atoms with E-state index in [0.717, 1.165) is 5.76 Å². The molecule has 0 rings (SSSR count). The highest BCUT2D eigenvalue weighted by molar-refractivity contribution is 4.97. The quantitative estimate of drug-likeness (QED) is 0.261. The first kappa shape index (κ1) is 14.8. The first-order valence-corrected chi connectivity index (χ1v) is 5.02. The minimum absolute atomic E-state index is 0.139. The smallest absolute Gasteiger partial charge is 0.115 e. The van der Waals surface area contributed by atoms with Gasteiger partial charge in [0.15, 0.2) is 0 Å². The minimum atomic E-state index is -0.749. The lowest BCUT2D eigenvalue weighted by Crippen LogP contribution is -2.40. The molecule has 0 radical (unpaired) electrons.